The van der Waals surface area contributed by atoms with E-state index in [1.807, 2.05) is 0 Å². The molecule has 0 amide bonds. The molecule has 1 saturated carbocycles. The Morgan fingerprint density at radius 1 is 0.529 bits per heavy atom. The van der Waals surface area contributed by atoms with Gasteiger partial charge in [-0.05, 0) is 5.92 Å². The van der Waals surface area contributed by atoms with Gasteiger partial charge in [0.1, 0.15) is 0 Å². The molecule has 1 rings (SSSR count). The summed E-state index contributed by atoms with van der Waals surface area (Å²) in [6, 6.07) is 0. The molecule has 0 N–H and O–H groups in total. The molecule has 0 heteroatoms. The van der Waals surface area contributed by atoms with Crippen molar-refractivity contribution in [2.75, 3.05) is 0 Å². The van der Waals surface area contributed by atoms with Crippen molar-refractivity contribution in [1.29, 1.82) is 0 Å². The number of hydrogen-bond donors (Lipinski definition) is 0. The molecule has 0 aromatic rings. The van der Waals surface area contributed by atoms with E-state index in [1.54, 1.807) is 0 Å². The summed E-state index contributed by atoms with van der Waals surface area (Å²) < 4.78 is 0. The van der Waals surface area contributed by atoms with E-state index in [2.05, 4.69) is 6.92 Å². The Morgan fingerprint density at radius 2 is 0.824 bits per heavy atom. The third-order valence-electron chi connectivity index (χ3n) is 4.38. The van der Waals surface area contributed by atoms with Gasteiger partial charge < -0.3 is 0 Å². The molecule has 17 heavy (non-hydrogen) atoms. The van der Waals surface area contributed by atoms with Crippen molar-refractivity contribution in [3.63, 3.8) is 0 Å². The first-order chi connectivity index (χ1) is 8.43. The Balaban J connectivity index is 2.16. The fourth-order valence-electron chi connectivity index (χ4n) is 3.07. The molecule has 0 bridgehead atoms. The van der Waals surface area contributed by atoms with Crippen LogP contribution in [-0.2, 0) is 0 Å². The Morgan fingerprint density at radius 3 is 1.12 bits per heavy atom. The van der Waals surface area contributed by atoms with Gasteiger partial charge in [-0.2, -0.15) is 0 Å². The summed E-state index contributed by atoms with van der Waals surface area (Å²) in [6.45, 7) is 4.13. The second-order valence-corrected chi connectivity index (χ2v) is 5.97. The van der Waals surface area contributed by atoms with Crippen LogP contribution in [0.4, 0.5) is 0 Å². The van der Waals surface area contributed by atoms with Crippen LogP contribution in [0.5, 0.6) is 0 Å². The molecule has 0 unspecified atom stereocenters. The summed E-state index contributed by atoms with van der Waals surface area (Å²) >= 11 is 0. The lowest BCUT2D eigenvalue weighted by Gasteiger charge is -2.14. The summed E-state index contributed by atoms with van der Waals surface area (Å²) in [5, 5.41) is 0. The third kappa shape index (κ3) is 8.69. The summed E-state index contributed by atoms with van der Waals surface area (Å²) in [4.78, 5) is 0. The zero-order valence-electron chi connectivity index (χ0n) is 11.9. The van der Waals surface area contributed by atoms with Gasteiger partial charge in [0, 0.05) is 0 Å². The van der Waals surface area contributed by atoms with E-state index in [0.29, 0.717) is 0 Å². The lowest BCUT2D eigenvalue weighted by molar-refractivity contribution is 0.407. The maximum absolute atomic E-state index is 4.13. The molecule has 1 fully saturated rings. The van der Waals surface area contributed by atoms with Crippen LogP contribution < -0.4 is 0 Å². The first kappa shape index (κ1) is 15.1. The summed E-state index contributed by atoms with van der Waals surface area (Å²) in [7, 11) is 0. The maximum atomic E-state index is 4.13. The molecular weight excluding hydrogens is 204 g/mol. The molecule has 0 aromatic carbocycles. The van der Waals surface area contributed by atoms with E-state index in [4.69, 9.17) is 0 Å². The van der Waals surface area contributed by atoms with Crippen LogP contribution in [0.15, 0.2) is 0 Å². The SMILES string of the molecule is [CH2]CC1CCCCCCCCCCCCCC1. The van der Waals surface area contributed by atoms with Crippen LogP contribution in [0.1, 0.15) is 96.3 Å². The van der Waals surface area contributed by atoms with E-state index in [0.717, 1.165) is 5.92 Å². The van der Waals surface area contributed by atoms with E-state index >= 15 is 0 Å². The van der Waals surface area contributed by atoms with Gasteiger partial charge in [-0.3, -0.25) is 0 Å². The predicted molar refractivity (Wildman–Crippen MR) is 78.1 cm³/mol. The average molecular weight is 237 g/mol. The largest absolute Gasteiger partial charge is 0.0533 e. The van der Waals surface area contributed by atoms with Crippen LogP contribution in [0, 0.1) is 12.8 Å². The molecule has 0 aromatic heterocycles. The van der Waals surface area contributed by atoms with Gasteiger partial charge in [0.25, 0.3) is 0 Å². The molecule has 1 aliphatic rings. The van der Waals surface area contributed by atoms with Crippen LogP contribution in [-0.4, -0.2) is 0 Å². The monoisotopic (exact) mass is 237 g/mol. The zero-order valence-corrected chi connectivity index (χ0v) is 11.9. The molecule has 0 nitrogen and oxygen atoms in total. The van der Waals surface area contributed by atoms with E-state index < -0.39 is 0 Å². The van der Waals surface area contributed by atoms with Crippen molar-refractivity contribution in [2.45, 2.75) is 96.3 Å². The van der Waals surface area contributed by atoms with Crippen LogP contribution in [0.3, 0.4) is 0 Å². The molecule has 0 atom stereocenters. The predicted octanol–water partition coefficient (Wildman–Crippen LogP) is 6.30. The Labute approximate surface area is 110 Å². The van der Waals surface area contributed by atoms with Crippen molar-refractivity contribution in [3.8, 4) is 0 Å². The molecule has 101 valence electrons. The Hall–Kier alpha value is 0. The van der Waals surface area contributed by atoms with Gasteiger partial charge in [-0.1, -0.05) is 103 Å². The first-order valence-electron chi connectivity index (χ1n) is 8.22. The zero-order chi connectivity index (χ0) is 12.2. The van der Waals surface area contributed by atoms with Gasteiger partial charge in [-0.15, -0.1) is 0 Å². The second-order valence-electron chi connectivity index (χ2n) is 5.97. The third-order valence-corrected chi connectivity index (χ3v) is 4.38. The lowest BCUT2D eigenvalue weighted by Crippen LogP contribution is -1.99. The topological polar surface area (TPSA) is 0 Å². The summed E-state index contributed by atoms with van der Waals surface area (Å²) in [6.07, 6.45) is 21.8. The smallest absolute Gasteiger partial charge is 0.0414 e. The summed E-state index contributed by atoms with van der Waals surface area (Å²) in [5.41, 5.74) is 0. The van der Waals surface area contributed by atoms with Gasteiger partial charge in [0.15, 0.2) is 0 Å². The first-order valence-corrected chi connectivity index (χ1v) is 8.22. The highest BCUT2D eigenvalue weighted by atomic mass is 14.1. The molecule has 1 aliphatic carbocycles. The van der Waals surface area contributed by atoms with Crippen molar-refractivity contribution >= 4 is 0 Å². The highest BCUT2D eigenvalue weighted by molar-refractivity contribution is 4.62. The highest BCUT2D eigenvalue weighted by Gasteiger charge is 2.06. The summed E-state index contributed by atoms with van der Waals surface area (Å²) in [5.74, 6) is 0.931. The van der Waals surface area contributed by atoms with Crippen molar-refractivity contribution in [1.82, 2.24) is 0 Å². The minimum atomic E-state index is 0.931. The lowest BCUT2D eigenvalue weighted by atomic mass is 9.92. The fourth-order valence-corrected chi connectivity index (χ4v) is 3.07. The minimum Gasteiger partial charge on any atom is -0.0533 e. The molecule has 1 radical (unpaired) electrons. The van der Waals surface area contributed by atoms with E-state index in [1.165, 1.54) is 96.3 Å². The van der Waals surface area contributed by atoms with Gasteiger partial charge in [-0.25, -0.2) is 0 Å². The fraction of sp³-hybridized carbons (Fsp3) is 0.941. The van der Waals surface area contributed by atoms with Gasteiger partial charge >= 0.3 is 0 Å². The maximum Gasteiger partial charge on any atom is -0.0414 e. The van der Waals surface area contributed by atoms with Gasteiger partial charge in [0.05, 0.1) is 0 Å². The van der Waals surface area contributed by atoms with E-state index in [9.17, 15) is 0 Å². The quantitative estimate of drug-likeness (QED) is 0.502. The van der Waals surface area contributed by atoms with E-state index in [-0.39, 0.29) is 0 Å². The van der Waals surface area contributed by atoms with Crippen molar-refractivity contribution in [3.05, 3.63) is 6.92 Å². The minimum absolute atomic E-state index is 0.931. The van der Waals surface area contributed by atoms with Crippen LogP contribution in [0.25, 0.3) is 0 Å². The molecule has 0 aliphatic heterocycles. The normalized spacial score (nSPS) is 23.8. The van der Waals surface area contributed by atoms with Crippen molar-refractivity contribution < 1.29 is 0 Å². The van der Waals surface area contributed by atoms with Crippen molar-refractivity contribution in [2.24, 2.45) is 5.92 Å². The Kier molecular flexibility index (Phi) is 9.84. The Bertz CT molecular complexity index is 134. The van der Waals surface area contributed by atoms with Crippen LogP contribution >= 0.6 is 0 Å². The molecule has 0 heterocycles. The van der Waals surface area contributed by atoms with Crippen LogP contribution in [0.2, 0.25) is 0 Å². The highest BCUT2D eigenvalue weighted by Crippen LogP contribution is 2.22. The molecular formula is C17H33. The van der Waals surface area contributed by atoms with Gasteiger partial charge in [0.2, 0.25) is 0 Å². The molecule has 0 spiro atoms. The molecule has 0 saturated heterocycles. The number of rotatable bonds is 1. The second kappa shape index (κ2) is 11.1. The number of hydrogen-bond acceptors (Lipinski definition) is 0. The average Bonchev–Trinajstić information content (AvgIpc) is 2.36. The standard InChI is InChI=1S/C17H33/c1-2-17-15-13-11-9-7-5-3-4-6-8-10-12-14-16-17/h17H,1-16H2.